The third-order valence-electron chi connectivity index (χ3n) is 2.56. The molecule has 0 aliphatic carbocycles. The maximum atomic E-state index is 11.7. The number of rotatable bonds is 6. The van der Waals surface area contributed by atoms with Crippen molar-refractivity contribution in [2.24, 2.45) is 0 Å². The number of alkyl carbamates (subject to hydrolysis) is 1. The highest BCUT2D eigenvalue weighted by Gasteiger charge is 2.17. The zero-order valence-corrected chi connectivity index (χ0v) is 13.3. The van der Waals surface area contributed by atoms with Gasteiger partial charge in [0.15, 0.2) is 0 Å². The average molecular weight is 324 g/mol. The van der Waals surface area contributed by atoms with E-state index in [1.165, 1.54) is 18.2 Å². The van der Waals surface area contributed by atoms with E-state index in [1.807, 2.05) is 0 Å². The minimum absolute atomic E-state index is 0.0429. The molecule has 8 heteroatoms. The van der Waals surface area contributed by atoms with Crippen LogP contribution in [-0.2, 0) is 20.7 Å². The van der Waals surface area contributed by atoms with E-state index in [9.17, 15) is 19.7 Å². The number of benzene rings is 1. The highest BCUT2D eigenvalue weighted by atomic mass is 16.6. The number of hydrogen-bond acceptors (Lipinski definition) is 6. The summed E-state index contributed by atoms with van der Waals surface area (Å²) in [5.41, 5.74) is -0.452. The molecule has 0 radical (unpaired) electrons. The van der Waals surface area contributed by atoms with Gasteiger partial charge in [-0.2, -0.15) is 0 Å². The molecule has 0 bridgehead atoms. The molecule has 1 rings (SSSR count). The fraction of sp³-hybridized carbons (Fsp3) is 0.467. The van der Waals surface area contributed by atoms with Gasteiger partial charge in [0, 0.05) is 11.6 Å². The first-order valence-corrected chi connectivity index (χ1v) is 7.04. The maximum Gasteiger partial charge on any atom is 0.407 e. The Morgan fingerprint density at radius 3 is 2.52 bits per heavy atom. The van der Waals surface area contributed by atoms with Gasteiger partial charge in [-0.15, -0.1) is 0 Å². The van der Waals surface area contributed by atoms with Crippen LogP contribution in [0.1, 0.15) is 26.3 Å². The number of ether oxygens (including phenoxy) is 2. The van der Waals surface area contributed by atoms with Crippen LogP contribution in [0.4, 0.5) is 10.5 Å². The van der Waals surface area contributed by atoms with E-state index < -0.39 is 22.6 Å². The minimum atomic E-state index is -0.606. The number of hydrogen-bond donors (Lipinski definition) is 1. The van der Waals surface area contributed by atoms with Crippen molar-refractivity contribution in [2.75, 3.05) is 13.2 Å². The van der Waals surface area contributed by atoms with E-state index in [4.69, 9.17) is 9.47 Å². The third kappa shape index (κ3) is 7.25. The zero-order valence-electron chi connectivity index (χ0n) is 13.3. The molecule has 1 aromatic carbocycles. The normalized spacial score (nSPS) is 10.7. The van der Waals surface area contributed by atoms with Crippen molar-refractivity contribution in [3.05, 3.63) is 39.9 Å². The molecular weight excluding hydrogens is 304 g/mol. The first-order valence-electron chi connectivity index (χ1n) is 7.04. The van der Waals surface area contributed by atoms with Gasteiger partial charge in [-0.25, -0.2) is 4.79 Å². The van der Waals surface area contributed by atoms with Gasteiger partial charge in [0.1, 0.15) is 12.2 Å². The van der Waals surface area contributed by atoms with Crippen LogP contribution in [0.3, 0.4) is 0 Å². The van der Waals surface area contributed by atoms with Crippen molar-refractivity contribution >= 4 is 17.7 Å². The van der Waals surface area contributed by atoms with Gasteiger partial charge in [0.25, 0.3) is 5.69 Å². The quantitative estimate of drug-likeness (QED) is 0.372. The van der Waals surface area contributed by atoms with E-state index >= 15 is 0 Å². The lowest BCUT2D eigenvalue weighted by atomic mass is 10.1. The molecule has 0 aliphatic rings. The summed E-state index contributed by atoms with van der Waals surface area (Å²) in [5.74, 6) is -0.606. The molecule has 0 fully saturated rings. The van der Waals surface area contributed by atoms with E-state index in [-0.39, 0.29) is 30.8 Å². The Hall–Kier alpha value is -2.64. The first kappa shape index (κ1) is 18.4. The van der Waals surface area contributed by atoms with Gasteiger partial charge in [0.05, 0.1) is 17.9 Å². The summed E-state index contributed by atoms with van der Waals surface area (Å²) in [7, 11) is 0. The predicted octanol–water partition coefficient (Wildman–Crippen LogP) is 2.21. The number of nitro benzene ring substituents is 1. The Morgan fingerprint density at radius 1 is 1.26 bits per heavy atom. The molecule has 126 valence electrons. The molecule has 23 heavy (non-hydrogen) atoms. The van der Waals surface area contributed by atoms with Gasteiger partial charge in [0.2, 0.25) is 0 Å². The SMILES string of the molecule is CC(C)(C)OC(=O)NCCOC(=O)Cc1ccccc1[N+](=O)[O-]. The Labute approximate surface area is 133 Å². The zero-order chi connectivity index (χ0) is 17.5. The smallest absolute Gasteiger partial charge is 0.407 e. The lowest BCUT2D eigenvalue weighted by Gasteiger charge is -2.19. The molecule has 0 aromatic heterocycles. The number of esters is 1. The van der Waals surface area contributed by atoms with Crippen LogP contribution < -0.4 is 5.32 Å². The summed E-state index contributed by atoms with van der Waals surface area (Å²) in [6.07, 6.45) is -0.809. The van der Waals surface area contributed by atoms with E-state index in [0.29, 0.717) is 0 Å². The predicted molar refractivity (Wildman–Crippen MR) is 82.0 cm³/mol. The Bertz CT molecular complexity index is 580. The molecule has 8 nitrogen and oxygen atoms in total. The van der Waals surface area contributed by atoms with Crippen LogP contribution in [0.5, 0.6) is 0 Å². The van der Waals surface area contributed by atoms with E-state index in [1.54, 1.807) is 26.8 Å². The van der Waals surface area contributed by atoms with Crippen LogP contribution in [0, 0.1) is 10.1 Å². The van der Waals surface area contributed by atoms with Crippen molar-refractivity contribution < 1.29 is 24.0 Å². The monoisotopic (exact) mass is 324 g/mol. The topological polar surface area (TPSA) is 108 Å². The maximum absolute atomic E-state index is 11.7. The highest BCUT2D eigenvalue weighted by Crippen LogP contribution is 2.18. The highest BCUT2D eigenvalue weighted by molar-refractivity contribution is 5.74. The van der Waals surface area contributed by atoms with Crippen LogP contribution in [0.15, 0.2) is 24.3 Å². The molecule has 1 N–H and O–H groups in total. The standard InChI is InChI=1S/C15H20N2O6/c1-15(2,3)23-14(19)16-8-9-22-13(18)10-11-6-4-5-7-12(11)17(20)21/h4-7H,8-10H2,1-3H3,(H,16,19). The molecule has 0 unspecified atom stereocenters. The number of nitrogens with one attached hydrogen (secondary N) is 1. The van der Waals surface area contributed by atoms with Crippen molar-refractivity contribution in [2.45, 2.75) is 32.8 Å². The van der Waals surface area contributed by atoms with Crippen LogP contribution in [0.25, 0.3) is 0 Å². The summed E-state index contributed by atoms with van der Waals surface area (Å²) < 4.78 is 9.95. The van der Waals surface area contributed by atoms with Crippen molar-refractivity contribution in [1.82, 2.24) is 5.32 Å². The Kier molecular flexibility index (Phi) is 6.49. The molecule has 0 heterocycles. The van der Waals surface area contributed by atoms with Crippen molar-refractivity contribution in [1.29, 1.82) is 0 Å². The lowest BCUT2D eigenvalue weighted by Crippen LogP contribution is -2.34. The van der Waals surface area contributed by atoms with Gasteiger partial charge in [-0.3, -0.25) is 14.9 Å². The number of nitrogens with zero attached hydrogens (tertiary/aromatic N) is 1. The van der Waals surface area contributed by atoms with Gasteiger partial charge >= 0.3 is 12.1 Å². The number of amides is 1. The van der Waals surface area contributed by atoms with Crippen LogP contribution in [-0.4, -0.2) is 35.7 Å². The second-order valence-corrected chi connectivity index (χ2v) is 5.71. The molecule has 0 saturated carbocycles. The summed E-state index contributed by atoms with van der Waals surface area (Å²) in [6, 6.07) is 5.96. The molecule has 0 saturated heterocycles. The van der Waals surface area contributed by atoms with Gasteiger partial charge < -0.3 is 14.8 Å². The molecule has 1 amide bonds. The summed E-state index contributed by atoms with van der Waals surface area (Å²) in [5, 5.41) is 13.3. The van der Waals surface area contributed by atoms with Crippen LogP contribution >= 0.6 is 0 Å². The molecule has 0 aliphatic heterocycles. The Balaban J connectivity index is 2.36. The minimum Gasteiger partial charge on any atom is -0.464 e. The number of para-hydroxylation sites is 1. The van der Waals surface area contributed by atoms with Crippen molar-refractivity contribution in [3.63, 3.8) is 0 Å². The first-order chi connectivity index (χ1) is 10.7. The number of carbonyl (C=O) groups is 2. The van der Waals surface area contributed by atoms with E-state index in [0.717, 1.165) is 0 Å². The molecule has 0 atom stereocenters. The molecular formula is C15H20N2O6. The van der Waals surface area contributed by atoms with Gasteiger partial charge in [-0.1, -0.05) is 18.2 Å². The Morgan fingerprint density at radius 2 is 1.91 bits per heavy atom. The fourth-order valence-electron chi connectivity index (χ4n) is 1.68. The second kappa shape index (κ2) is 8.11. The van der Waals surface area contributed by atoms with Gasteiger partial charge in [-0.05, 0) is 20.8 Å². The average Bonchev–Trinajstić information content (AvgIpc) is 2.42. The van der Waals surface area contributed by atoms with Crippen molar-refractivity contribution in [3.8, 4) is 0 Å². The van der Waals surface area contributed by atoms with Crippen LogP contribution in [0.2, 0.25) is 0 Å². The fourth-order valence-corrected chi connectivity index (χ4v) is 1.68. The second-order valence-electron chi connectivity index (χ2n) is 5.71. The summed E-state index contributed by atoms with van der Waals surface area (Å²) >= 11 is 0. The molecule has 0 spiro atoms. The summed E-state index contributed by atoms with van der Waals surface area (Å²) in [4.78, 5) is 33.3. The summed E-state index contributed by atoms with van der Waals surface area (Å²) in [6.45, 7) is 5.26. The number of nitro groups is 1. The largest absolute Gasteiger partial charge is 0.464 e. The number of carbonyl (C=O) groups excluding carboxylic acids is 2. The third-order valence-corrected chi connectivity index (χ3v) is 2.56. The van der Waals surface area contributed by atoms with E-state index in [2.05, 4.69) is 5.32 Å². The molecule has 1 aromatic rings. The lowest BCUT2D eigenvalue weighted by molar-refractivity contribution is -0.385.